The Kier molecular flexibility index (Phi) is 3.42. The third-order valence-corrected chi connectivity index (χ3v) is 1.89. The molecule has 4 heteroatoms. The molecule has 0 aliphatic carbocycles. The van der Waals surface area contributed by atoms with Crippen LogP contribution >= 0.6 is 15.9 Å². The van der Waals surface area contributed by atoms with Crippen LogP contribution in [-0.4, -0.2) is 5.33 Å². The maximum absolute atomic E-state index is 12.7. The highest BCUT2D eigenvalue weighted by molar-refractivity contribution is 9.09. The van der Waals surface area contributed by atoms with E-state index >= 15 is 0 Å². The van der Waals surface area contributed by atoms with Gasteiger partial charge >= 0.3 is 0 Å². The second-order valence-electron chi connectivity index (χ2n) is 2.45. The molecule has 1 rings (SSSR count). The van der Waals surface area contributed by atoms with E-state index in [1.807, 2.05) is 0 Å². The molecule has 1 aromatic rings. The van der Waals surface area contributed by atoms with E-state index in [1.165, 1.54) is 0 Å². The zero-order valence-corrected chi connectivity index (χ0v) is 8.31. The molecule has 0 saturated carbocycles. The lowest BCUT2D eigenvalue weighted by molar-refractivity contribution is 0.509. The molecule has 0 aliphatic heterocycles. The second-order valence-corrected chi connectivity index (χ2v) is 3.10. The molecule has 0 fully saturated rings. The molecular formula is C9H8BrF2N. The van der Waals surface area contributed by atoms with Crippen molar-refractivity contribution in [2.75, 3.05) is 11.1 Å². The van der Waals surface area contributed by atoms with Gasteiger partial charge < -0.3 is 5.73 Å². The number of anilines is 1. The first-order valence-corrected chi connectivity index (χ1v) is 4.74. The predicted octanol–water partition coefficient (Wildman–Crippen LogP) is 2.96. The predicted molar refractivity (Wildman–Crippen MR) is 53.6 cm³/mol. The van der Waals surface area contributed by atoms with Crippen LogP contribution in [0.1, 0.15) is 5.56 Å². The number of allylic oxidation sites excluding steroid dienone is 1. The number of nitrogen functional groups attached to an aromatic ring is 1. The van der Waals surface area contributed by atoms with E-state index in [2.05, 4.69) is 15.9 Å². The van der Waals surface area contributed by atoms with E-state index in [-0.39, 0.29) is 5.69 Å². The van der Waals surface area contributed by atoms with Crippen LogP contribution in [-0.2, 0) is 0 Å². The summed E-state index contributed by atoms with van der Waals surface area (Å²) < 4.78 is 25.3. The highest BCUT2D eigenvalue weighted by Gasteiger charge is 2.04. The molecule has 0 radical (unpaired) electrons. The van der Waals surface area contributed by atoms with Gasteiger partial charge in [0.25, 0.3) is 0 Å². The Morgan fingerprint density at radius 3 is 2.54 bits per heavy atom. The van der Waals surface area contributed by atoms with Crippen LogP contribution in [0.4, 0.5) is 14.5 Å². The SMILES string of the molecule is Nc1cc(F)c(F)cc1C=CCBr. The van der Waals surface area contributed by atoms with Gasteiger partial charge in [0.15, 0.2) is 11.6 Å². The number of rotatable bonds is 2. The topological polar surface area (TPSA) is 26.0 Å². The largest absolute Gasteiger partial charge is 0.398 e. The molecule has 0 aliphatic rings. The first-order valence-electron chi connectivity index (χ1n) is 3.62. The van der Waals surface area contributed by atoms with Crippen LogP contribution < -0.4 is 5.73 Å². The van der Waals surface area contributed by atoms with Crippen molar-refractivity contribution in [3.05, 3.63) is 35.4 Å². The number of halogens is 3. The molecule has 1 aromatic carbocycles. The molecule has 0 spiro atoms. The van der Waals surface area contributed by atoms with Gasteiger partial charge in [0.05, 0.1) is 0 Å². The van der Waals surface area contributed by atoms with E-state index in [0.717, 1.165) is 12.1 Å². The van der Waals surface area contributed by atoms with E-state index in [0.29, 0.717) is 10.9 Å². The lowest BCUT2D eigenvalue weighted by Gasteiger charge is -2.00. The van der Waals surface area contributed by atoms with Crippen molar-refractivity contribution in [3.63, 3.8) is 0 Å². The third-order valence-electron chi connectivity index (χ3n) is 1.51. The van der Waals surface area contributed by atoms with Gasteiger partial charge in [0.1, 0.15) is 0 Å². The lowest BCUT2D eigenvalue weighted by Crippen LogP contribution is -1.93. The molecule has 70 valence electrons. The average molecular weight is 248 g/mol. The number of hydrogen-bond acceptors (Lipinski definition) is 1. The Morgan fingerprint density at radius 1 is 1.31 bits per heavy atom. The summed E-state index contributed by atoms with van der Waals surface area (Å²) in [6.45, 7) is 0. The highest BCUT2D eigenvalue weighted by atomic mass is 79.9. The maximum Gasteiger partial charge on any atom is 0.160 e. The fourth-order valence-electron chi connectivity index (χ4n) is 0.893. The van der Waals surface area contributed by atoms with Crippen LogP contribution in [0.15, 0.2) is 18.2 Å². The van der Waals surface area contributed by atoms with Gasteiger partial charge in [-0.15, -0.1) is 0 Å². The molecule has 0 atom stereocenters. The van der Waals surface area contributed by atoms with Gasteiger partial charge in [-0.2, -0.15) is 0 Å². The maximum atomic E-state index is 12.7. The zero-order valence-electron chi connectivity index (χ0n) is 6.73. The van der Waals surface area contributed by atoms with Gasteiger partial charge in [-0.1, -0.05) is 28.1 Å². The molecule has 2 N–H and O–H groups in total. The van der Waals surface area contributed by atoms with Crippen LogP contribution in [0, 0.1) is 11.6 Å². The van der Waals surface area contributed by atoms with E-state index < -0.39 is 11.6 Å². The molecular weight excluding hydrogens is 240 g/mol. The molecule has 0 heterocycles. The quantitative estimate of drug-likeness (QED) is 0.632. The monoisotopic (exact) mass is 247 g/mol. The summed E-state index contributed by atoms with van der Waals surface area (Å²) in [4.78, 5) is 0. The Balaban J connectivity index is 3.08. The van der Waals surface area contributed by atoms with E-state index in [1.54, 1.807) is 12.2 Å². The highest BCUT2D eigenvalue weighted by Crippen LogP contribution is 2.18. The van der Waals surface area contributed by atoms with Crippen LogP contribution in [0.2, 0.25) is 0 Å². The van der Waals surface area contributed by atoms with Gasteiger partial charge in [0, 0.05) is 22.6 Å². The fraction of sp³-hybridized carbons (Fsp3) is 0.111. The smallest absolute Gasteiger partial charge is 0.160 e. The van der Waals surface area contributed by atoms with Gasteiger partial charge in [-0.05, 0) is 6.07 Å². The molecule has 0 amide bonds. The normalized spacial score (nSPS) is 11.0. The number of alkyl halides is 1. The Hall–Kier alpha value is -0.900. The molecule has 1 nitrogen and oxygen atoms in total. The Morgan fingerprint density at radius 2 is 1.92 bits per heavy atom. The molecule has 0 bridgehead atoms. The van der Waals surface area contributed by atoms with Crippen molar-refractivity contribution in [3.8, 4) is 0 Å². The van der Waals surface area contributed by atoms with E-state index in [9.17, 15) is 8.78 Å². The number of benzene rings is 1. The van der Waals surface area contributed by atoms with Gasteiger partial charge in [-0.25, -0.2) is 8.78 Å². The van der Waals surface area contributed by atoms with Crippen molar-refractivity contribution in [1.29, 1.82) is 0 Å². The summed E-state index contributed by atoms with van der Waals surface area (Å²) >= 11 is 3.17. The van der Waals surface area contributed by atoms with Crippen LogP contribution in [0.25, 0.3) is 6.08 Å². The molecule has 0 saturated heterocycles. The number of hydrogen-bond donors (Lipinski definition) is 1. The van der Waals surface area contributed by atoms with Crippen molar-refractivity contribution >= 4 is 27.7 Å². The lowest BCUT2D eigenvalue weighted by atomic mass is 10.1. The molecule has 0 unspecified atom stereocenters. The minimum absolute atomic E-state index is 0.233. The Bertz CT molecular complexity index is 337. The van der Waals surface area contributed by atoms with Crippen molar-refractivity contribution < 1.29 is 8.78 Å². The summed E-state index contributed by atoms with van der Waals surface area (Å²) in [6, 6.07) is 2.05. The molecule has 13 heavy (non-hydrogen) atoms. The Labute approximate surface area is 83.4 Å². The van der Waals surface area contributed by atoms with E-state index in [4.69, 9.17) is 5.73 Å². The summed E-state index contributed by atoms with van der Waals surface area (Å²) in [6.07, 6.45) is 3.38. The summed E-state index contributed by atoms with van der Waals surface area (Å²) in [5.41, 5.74) is 6.17. The van der Waals surface area contributed by atoms with Gasteiger partial charge in [-0.3, -0.25) is 0 Å². The van der Waals surface area contributed by atoms with Crippen molar-refractivity contribution in [1.82, 2.24) is 0 Å². The van der Waals surface area contributed by atoms with Crippen molar-refractivity contribution in [2.45, 2.75) is 0 Å². The summed E-state index contributed by atoms with van der Waals surface area (Å²) in [5.74, 6) is -1.81. The van der Waals surface area contributed by atoms with Crippen LogP contribution in [0.5, 0.6) is 0 Å². The summed E-state index contributed by atoms with van der Waals surface area (Å²) in [5, 5.41) is 0.644. The van der Waals surface area contributed by atoms with Gasteiger partial charge in [0.2, 0.25) is 0 Å². The summed E-state index contributed by atoms with van der Waals surface area (Å²) in [7, 11) is 0. The van der Waals surface area contributed by atoms with Crippen LogP contribution in [0.3, 0.4) is 0 Å². The minimum atomic E-state index is -0.923. The average Bonchev–Trinajstić information content (AvgIpc) is 2.09. The number of nitrogens with two attached hydrogens (primary N) is 1. The van der Waals surface area contributed by atoms with Crippen molar-refractivity contribution in [2.24, 2.45) is 0 Å². The first-order chi connectivity index (χ1) is 6.15. The second kappa shape index (κ2) is 4.37. The first kappa shape index (κ1) is 10.2. The molecule has 0 aromatic heterocycles. The fourth-order valence-corrected chi connectivity index (χ4v) is 1.08. The minimum Gasteiger partial charge on any atom is -0.398 e. The zero-order chi connectivity index (χ0) is 9.84. The standard InChI is InChI=1S/C9H8BrF2N/c10-3-1-2-6-4-7(11)8(12)5-9(6)13/h1-2,4-5H,3,13H2. The third kappa shape index (κ3) is 2.52.